The fourth-order valence-electron chi connectivity index (χ4n) is 5.08. The lowest BCUT2D eigenvalue weighted by Crippen LogP contribution is -2.41. The first-order valence-corrected chi connectivity index (χ1v) is 12.3. The van der Waals surface area contributed by atoms with Crippen LogP contribution >= 0.6 is 0 Å². The molecule has 3 saturated heterocycles. The molecule has 0 amide bonds. The van der Waals surface area contributed by atoms with Crippen molar-refractivity contribution in [3.05, 3.63) is 35.4 Å². The summed E-state index contributed by atoms with van der Waals surface area (Å²) in [6, 6.07) is 8.72. The highest BCUT2D eigenvalue weighted by Crippen LogP contribution is 2.20. The number of ether oxygens (including phenoxy) is 2. The van der Waals surface area contributed by atoms with E-state index in [1.807, 2.05) is 7.05 Å². The van der Waals surface area contributed by atoms with Crippen LogP contribution in [0, 0.1) is 5.92 Å². The second kappa shape index (κ2) is 11.8. The number of rotatable bonds is 7. The highest BCUT2D eigenvalue weighted by molar-refractivity contribution is 5.80. The number of aliphatic imine (C=N–C) groups is 1. The van der Waals surface area contributed by atoms with Gasteiger partial charge in [-0.15, -0.1) is 0 Å². The monoisotopic (exact) mass is 428 g/mol. The van der Waals surface area contributed by atoms with Gasteiger partial charge in [-0.25, -0.2) is 0 Å². The lowest BCUT2D eigenvalue weighted by atomic mass is 10.1. The molecule has 4 rings (SSSR count). The van der Waals surface area contributed by atoms with Gasteiger partial charge in [-0.3, -0.25) is 4.99 Å². The Morgan fingerprint density at radius 3 is 2.71 bits per heavy atom. The Bertz CT molecular complexity index is 699. The van der Waals surface area contributed by atoms with Crippen LogP contribution in [-0.2, 0) is 22.6 Å². The van der Waals surface area contributed by atoms with Gasteiger partial charge in [-0.1, -0.05) is 30.7 Å². The molecule has 1 N–H and O–H groups in total. The summed E-state index contributed by atoms with van der Waals surface area (Å²) in [5.41, 5.74) is 2.52. The van der Waals surface area contributed by atoms with Crippen LogP contribution in [0.2, 0.25) is 0 Å². The van der Waals surface area contributed by atoms with E-state index in [1.54, 1.807) is 0 Å². The summed E-state index contributed by atoms with van der Waals surface area (Å²) in [6.07, 6.45) is 7.78. The van der Waals surface area contributed by atoms with E-state index in [-0.39, 0.29) is 0 Å². The molecular formula is C25H40N4O2. The van der Waals surface area contributed by atoms with E-state index in [2.05, 4.69) is 44.4 Å². The average molecular weight is 429 g/mol. The van der Waals surface area contributed by atoms with Crippen LogP contribution in [0.4, 0.5) is 0 Å². The van der Waals surface area contributed by atoms with Crippen molar-refractivity contribution in [3.8, 4) is 0 Å². The summed E-state index contributed by atoms with van der Waals surface area (Å²) < 4.78 is 11.5. The summed E-state index contributed by atoms with van der Waals surface area (Å²) in [5.74, 6) is 1.80. The van der Waals surface area contributed by atoms with Gasteiger partial charge in [-0.05, 0) is 62.2 Å². The molecule has 1 aromatic rings. The summed E-state index contributed by atoms with van der Waals surface area (Å²) in [4.78, 5) is 9.67. The number of likely N-dealkylation sites (tertiary alicyclic amines) is 2. The Kier molecular flexibility index (Phi) is 8.62. The van der Waals surface area contributed by atoms with Crippen molar-refractivity contribution in [3.63, 3.8) is 0 Å². The molecule has 0 saturated carbocycles. The Balaban J connectivity index is 1.22. The fourth-order valence-corrected chi connectivity index (χ4v) is 5.08. The van der Waals surface area contributed by atoms with Crippen LogP contribution in [0.1, 0.15) is 49.7 Å². The summed E-state index contributed by atoms with van der Waals surface area (Å²) in [6.45, 7) is 9.18. The van der Waals surface area contributed by atoms with Crippen LogP contribution in [0.5, 0.6) is 0 Å². The first kappa shape index (κ1) is 22.6. The van der Waals surface area contributed by atoms with Crippen LogP contribution < -0.4 is 5.32 Å². The molecule has 172 valence electrons. The number of nitrogens with zero attached hydrogens (tertiary/aromatic N) is 3. The SMILES string of the molecule is CN=C(NCc1cccc(COC2CCOCC2)c1)N1CCC(CN2CCCCC2)C1. The van der Waals surface area contributed by atoms with Crippen LogP contribution in [-0.4, -0.2) is 74.8 Å². The standard InChI is InChI=1S/C25H40N4O2/c1-26-25(29-13-8-23(19-29)18-28-11-3-2-4-12-28)27-17-21-6-5-7-22(16-21)20-31-24-9-14-30-15-10-24/h5-7,16,23-24H,2-4,8-15,17-20H2,1H3,(H,26,27). The van der Waals surface area contributed by atoms with Crippen molar-refractivity contribution in [1.29, 1.82) is 0 Å². The minimum absolute atomic E-state index is 0.336. The number of nitrogens with one attached hydrogen (secondary N) is 1. The molecule has 0 bridgehead atoms. The van der Waals surface area contributed by atoms with Crippen molar-refractivity contribution < 1.29 is 9.47 Å². The fraction of sp³-hybridized carbons (Fsp3) is 0.720. The van der Waals surface area contributed by atoms with Crippen LogP contribution in [0.15, 0.2) is 29.3 Å². The Morgan fingerprint density at radius 1 is 1.10 bits per heavy atom. The van der Waals surface area contributed by atoms with E-state index in [1.165, 1.54) is 56.4 Å². The second-order valence-corrected chi connectivity index (χ2v) is 9.31. The van der Waals surface area contributed by atoms with Crippen molar-refractivity contribution in [1.82, 2.24) is 15.1 Å². The molecular weight excluding hydrogens is 388 g/mol. The van der Waals surface area contributed by atoms with Crippen molar-refractivity contribution >= 4 is 5.96 Å². The van der Waals surface area contributed by atoms with E-state index < -0.39 is 0 Å². The van der Waals surface area contributed by atoms with Crippen molar-refractivity contribution in [2.75, 3.05) is 53.0 Å². The number of hydrogen-bond donors (Lipinski definition) is 1. The Hall–Kier alpha value is -1.63. The number of hydrogen-bond acceptors (Lipinski definition) is 4. The number of benzene rings is 1. The lowest BCUT2D eigenvalue weighted by Gasteiger charge is -2.29. The molecule has 6 heteroatoms. The first-order chi connectivity index (χ1) is 15.3. The highest BCUT2D eigenvalue weighted by Gasteiger charge is 2.27. The summed E-state index contributed by atoms with van der Waals surface area (Å²) >= 11 is 0. The molecule has 0 radical (unpaired) electrons. The number of guanidine groups is 1. The van der Waals surface area contributed by atoms with Crippen molar-refractivity contribution in [2.45, 2.75) is 57.8 Å². The van der Waals surface area contributed by atoms with Crippen molar-refractivity contribution in [2.24, 2.45) is 10.9 Å². The van der Waals surface area contributed by atoms with E-state index in [9.17, 15) is 0 Å². The molecule has 3 aliphatic rings. The quantitative estimate of drug-likeness (QED) is 0.534. The summed E-state index contributed by atoms with van der Waals surface area (Å²) in [7, 11) is 1.90. The van der Waals surface area contributed by atoms with E-state index in [4.69, 9.17) is 9.47 Å². The zero-order valence-corrected chi connectivity index (χ0v) is 19.2. The van der Waals surface area contributed by atoms with Crippen LogP contribution in [0.25, 0.3) is 0 Å². The predicted octanol–water partition coefficient (Wildman–Crippen LogP) is 3.27. The molecule has 1 aromatic carbocycles. The van der Waals surface area contributed by atoms with Gasteiger partial charge in [0.2, 0.25) is 0 Å². The third kappa shape index (κ3) is 6.93. The Morgan fingerprint density at radius 2 is 1.90 bits per heavy atom. The number of piperidine rings is 1. The van der Waals surface area contributed by atoms with Gasteiger partial charge in [0.05, 0.1) is 12.7 Å². The van der Waals surface area contributed by atoms with E-state index in [0.29, 0.717) is 12.7 Å². The first-order valence-electron chi connectivity index (χ1n) is 12.3. The third-order valence-corrected chi connectivity index (χ3v) is 6.86. The third-order valence-electron chi connectivity index (χ3n) is 6.86. The highest BCUT2D eigenvalue weighted by atomic mass is 16.5. The second-order valence-electron chi connectivity index (χ2n) is 9.31. The van der Waals surface area contributed by atoms with Gasteiger partial charge >= 0.3 is 0 Å². The topological polar surface area (TPSA) is 49.3 Å². The zero-order valence-electron chi connectivity index (χ0n) is 19.2. The largest absolute Gasteiger partial charge is 0.381 e. The molecule has 1 atom stereocenters. The molecule has 0 spiro atoms. The molecule has 6 nitrogen and oxygen atoms in total. The predicted molar refractivity (Wildman–Crippen MR) is 125 cm³/mol. The van der Waals surface area contributed by atoms with E-state index in [0.717, 1.165) is 57.6 Å². The smallest absolute Gasteiger partial charge is 0.193 e. The normalized spacial score (nSPS) is 24.0. The zero-order chi connectivity index (χ0) is 21.3. The maximum absolute atomic E-state index is 6.09. The van der Waals surface area contributed by atoms with Crippen LogP contribution in [0.3, 0.4) is 0 Å². The van der Waals surface area contributed by atoms with Gasteiger partial charge in [0.1, 0.15) is 0 Å². The molecule has 1 unspecified atom stereocenters. The molecule has 3 fully saturated rings. The molecule has 0 aromatic heterocycles. The van der Waals surface area contributed by atoms with Gasteiger partial charge in [0.15, 0.2) is 5.96 Å². The lowest BCUT2D eigenvalue weighted by molar-refractivity contribution is -0.0390. The van der Waals surface area contributed by atoms with Gasteiger partial charge in [0.25, 0.3) is 0 Å². The summed E-state index contributed by atoms with van der Waals surface area (Å²) in [5, 5.41) is 3.59. The average Bonchev–Trinajstić information content (AvgIpc) is 3.28. The van der Waals surface area contributed by atoms with Gasteiger partial charge < -0.3 is 24.6 Å². The Labute approximate surface area is 188 Å². The van der Waals surface area contributed by atoms with E-state index >= 15 is 0 Å². The maximum atomic E-state index is 6.09. The minimum Gasteiger partial charge on any atom is -0.381 e. The molecule has 3 aliphatic heterocycles. The molecule has 31 heavy (non-hydrogen) atoms. The molecule has 3 heterocycles. The molecule has 0 aliphatic carbocycles. The maximum Gasteiger partial charge on any atom is 0.193 e. The van der Waals surface area contributed by atoms with Gasteiger partial charge in [0, 0.05) is 46.4 Å². The van der Waals surface area contributed by atoms with Gasteiger partial charge in [-0.2, -0.15) is 0 Å². The minimum atomic E-state index is 0.336.